The van der Waals surface area contributed by atoms with E-state index in [0.717, 1.165) is 11.6 Å². The molecular formula is C23H24F3N5OS. The lowest BCUT2D eigenvalue weighted by molar-refractivity contribution is 0.146. The number of anilines is 1. The van der Waals surface area contributed by atoms with Crippen LogP contribution in [0.15, 0.2) is 41.5 Å². The van der Waals surface area contributed by atoms with Crippen molar-refractivity contribution < 1.29 is 13.2 Å². The monoisotopic (exact) mass is 475 g/mol. The average Bonchev–Trinajstić information content (AvgIpc) is 2.76. The molecule has 1 unspecified atom stereocenters. The smallest absolute Gasteiger partial charge is 0.266 e. The summed E-state index contributed by atoms with van der Waals surface area (Å²) in [6.07, 6.45) is 0.872. The molecule has 1 aliphatic rings. The molecule has 3 heterocycles. The number of allylic oxidation sites excluding steroid dienone is 1. The van der Waals surface area contributed by atoms with Crippen molar-refractivity contribution in [3.63, 3.8) is 0 Å². The topological polar surface area (TPSA) is 83.7 Å². The zero-order chi connectivity index (χ0) is 23.9. The summed E-state index contributed by atoms with van der Waals surface area (Å²) < 4.78 is 50.5. The van der Waals surface area contributed by atoms with Crippen LogP contribution in [-0.4, -0.2) is 31.9 Å². The van der Waals surface area contributed by atoms with E-state index in [2.05, 4.69) is 21.2 Å². The summed E-state index contributed by atoms with van der Waals surface area (Å²) in [5.41, 5.74) is 0.972. The van der Waals surface area contributed by atoms with Crippen LogP contribution >= 0.6 is 0 Å². The van der Waals surface area contributed by atoms with Gasteiger partial charge in [0.15, 0.2) is 0 Å². The third-order valence-corrected chi connectivity index (χ3v) is 7.66. The van der Waals surface area contributed by atoms with Crippen LogP contribution < -0.4 is 10.9 Å². The lowest BCUT2D eigenvalue weighted by Crippen LogP contribution is -2.24. The van der Waals surface area contributed by atoms with Crippen molar-refractivity contribution in [3.05, 3.63) is 69.5 Å². The van der Waals surface area contributed by atoms with E-state index in [9.17, 15) is 18.0 Å². The van der Waals surface area contributed by atoms with Crippen LogP contribution in [0, 0.1) is 10.6 Å². The molecule has 2 N–H and O–H groups in total. The van der Waals surface area contributed by atoms with E-state index >= 15 is 0 Å². The molecule has 0 saturated heterocycles. The minimum atomic E-state index is -2.92. The van der Waals surface area contributed by atoms with Crippen molar-refractivity contribution in [3.8, 4) is 0 Å². The van der Waals surface area contributed by atoms with E-state index in [1.165, 1.54) is 23.0 Å². The molecule has 1 aliphatic heterocycles. The molecule has 2 atom stereocenters. The zero-order valence-electron chi connectivity index (χ0n) is 18.2. The molecule has 1 aromatic carbocycles. The number of halogens is 3. The van der Waals surface area contributed by atoms with Gasteiger partial charge in [-0.25, -0.2) is 23.1 Å². The molecule has 0 radical (unpaired) electrons. The largest absolute Gasteiger partial charge is 0.363 e. The van der Waals surface area contributed by atoms with Crippen LogP contribution in [-0.2, 0) is 16.5 Å². The Bertz CT molecular complexity index is 1430. The third kappa shape index (κ3) is 4.39. The van der Waals surface area contributed by atoms with Gasteiger partial charge in [-0.15, -0.1) is 9.41 Å². The van der Waals surface area contributed by atoms with Gasteiger partial charge in [0.2, 0.25) is 0 Å². The highest BCUT2D eigenvalue weighted by Crippen LogP contribution is 2.31. The summed E-state index contributed by atoms with van der Waals surface area (Å²) in [5.74, 6) is 4.51. The van der Waals surface area contributed by atoms with Crippen LogP contribution in [0.25, 0.3) is 16.6 Å². The van der Waals surface area contributed by atoms with Gasteiger partial charge < -0.3 is 5.32 Å². The molecule has 6 nitrogen and oxygen atoms in total. The number of hydrogen-bond acceptors (Lipinski definition) is 5. The summed E-state index contributed by atoms with van der Waals surface area (Å²) in [7, 11) is -0.0528. The van der Waals surface area contributed by atoms with Gasteiger partial charge in [0.05, 0.1) is 17.0 Å². The number of aryl methyl sites for hydroxylation is 1. The molecule has 0 aliphatic carbocycles. The number of hydrogen-bond donors (Lipinski definition) is 2. The van der Waals surface area contributed by atoms with Gasteiger partial charge in [0.1, 0.15) is 23.6 Å². The lowest BCUT2D eigenvalue weighted by Gasteiger charge is -2.21. The average molecular weight is 476 g/mol. The third-order valence-electron chi connectivity index (χ3n) is 5.87. The molecule has 0 spiro atoms. The molecular weight excluding hydrogens is 451 g/mol. The van der Waals surface area contributed by atoms with Crippen LogP contribution in [0.5, 0.6) is 0 Å². The maximum atomic E-state index is 14.7. The molecule has 0 amide bonds. The number of nitrogens with one attached hydrogen (secondary N) is 2. The maximum Gasteiger partial charge on any atom is 0.266 e. The first-order valence-electron chi connectivity index (χ1n) is 10.3. The van der Waals surface area contributed by atoms with Gasteiger partial charge in [-0.2, -0.15) is 0 Å². The summed E-state index contributed by atoms with van der Waals surface area (Å²) in [4.78, 5) is 21.5. The van der Waals surface area contributed by atoms with Crippen molar-refractivity contribution >= 4 is 37.7 Å². The number of fused-ring (bicyclic) bond motifs is 1. The van der Waals surface area contributed by atoms with E-state index < -0.39 is 33.3 Å². The molecule has 0 fully saturated rings. The maximum absolute atomic E-state index is 14.7. The highest BCUT2D eigenvalue weighted by Gasteiger charge is 2.22. The number of alkyl halides is 2. The van der Waals surface area contributed by atoms with Crippen molar-refractivity contribution in [1.29, 1.82) is 4.78 Å². The number of pyridine rings is 1. The summed E-state index contributed by atoms with van der Waals surface area (Å²) in [5, 5.41) is 3.64. The first kappa shape index (κ1) is 23.0. The standard InChI is InChI=1S/C23H24F3N5OS/c1-13(15-5-4-6-16(19(15)24)20(25)26)30-21-18-11-17(14-7-9-33(3,27)10-8-14)23(32)31(2)22(18)29-12-28-21/h4-7,11-13,20,27H,3,8-10H2,1-2H3,(H,28,29,30)/t13-,33?/m1/s1. The summed E-state index contributed by atoms with van der Waals surface area (Å²) in [6, 6.07) is 4.94. The number of nitrogens with zero attached hydrogens (tertiary/aromatic N) is 3. The van der Waals surface area contributed by atoms with Gasteiger partial charge in [0.25, 0.3) is 12.0 Å². The van der Waals surface area contributed by atoms with Crippen molar-refractivity contribution in [1.82, 2.24) is 14.5 Å². The second-order valence-electron chi connectivity index (χ2n) is 8.19. The first-order chi connectivity index (χ1) is 15.6. The van der Waals surface area contributed by atoms with Crippen molar-refractivity contribution in [2.24, 2.45) is 7.05 Å². The molecule has 174 valence electrons. The fourth-order valence-electron chi connectivity index (χ4n) is 3.96. The first-order valence-corrected chi connectivity index (χ1v) is 12.5. The lowest BCUT2D eigenvalue weighted by atomic mass is 10.0. The summed E-state index contributed by atoms with van der Waals surface area (Å²) in [6.45, 7) is 1.65. The van der Waals surface area contributed by atoms with E-state index in [-0.39, 0.29) is 11.1 Å². The second kappa shape index (κ2) is 8.66. The van der Waals surface area contributed by atoms with Gasteiger partial charge in [-0.05, 0) is 25.0 Å². The Morgan fingerprint density at radius 2 is 2.00 bits per heavy atom. The van der Waals surface area contributed by atoms with E-state index in [0.29, 0.717) is 40.3 Å². The molecule has 2 aromatic heterocycles. The Morgan fingerprint density at radius 1 is 1.27 bits per heavy atom. The van der Waals surface area contributed by atoms with Crippen LogP contribution in [0.1, 0.15) is 42.5 Å². The molecule has 0 bridgehead atoms. The van der Waals surface area contributed by atoms with Crippen LogP contribution in [0.3, 0.4) is 0 Å². The summed E-state index contributed by atoms with van der Waals surface area (Å²) >= 11 is 0. The number of rotatable bonds is 5. The van der Waals surface area contributed by atoms with E-state index in [4.69, 9.17) is 4.78 Å². The van der Waals surface area contributed by atoms with Crippen molar-refractivity contribution in [2.75, 3.05) is 16.8 Å². The minimum Gasteiger partial charge on any atom is -0.363 e. The Balaban J connectivity index is 1.78. The highest BCUT2D eigenvalue weighted by atomic mass is 32.2. The second-order valence-corrected chi connectivity index (χ2v) is 11.0. The van der Waals surface area contributed by atoms with Gasteiger partial charge in [-0.3, -0.25) is 14.1 Å². The van der Waals surface area contributed by atoms with Gasteiger partial charge in [0, 0.05) is 29.7 Å². The van der Waals surface area contributed by atoms with Crippen LogP contribution in [0.4, 0.5) is 19.0 Å². The SMILES string of the molecule is C=S1(=N)CC=C(c2cc3c(N[C@H](C)c4cccc(C(F)F)c4F)ncnc3n(C)c2=O)CC1. The Hall–Kier alpha value is -3.14. The van der Waals surface area contributed by atoms with Crippen LogP contribution in [0.2, 0.25) is 0 Å². The molecule has 33 heavy (non-hydrogen) atoms. The number of benzene rings is 1. The van der Waals surface area contributed by atoms with E-state index in [1.807, 2.05) is 6.08 Å². The Kier molecular flexibility index (Phi) is 6.04. The zero-order valence-corrected chi connectivity index (χ0v) is 19.1. The highest BCUT2D eigenvalue weighted by molar-refractivity contribution is 8.01. The van der Waals surface area contributed by atoms with Gasteiger partial charge in [-0.1, -0.05) is 30.1 Å². The van der Waals surface area contributed by atoms with E-state index in [1.54, 1.807) is 20.0 Å². The molecule has 10 heteroatoms. The molecule has 4 rings (SSSR count). The quantitative estimate of drug-likeness (QED) is 0.524. The Morgan fingerprint density at radius 3 is 2.67 bits per heavy atom. The molecule has 3 aromatic rings. The minimum absolute atomic E-state index is 0.0878. The normalized spacial score (nSPS) is 19.5. The van der Waals surface area contributed by atoms with Gasteiger partial charge >= 0.3 is 0 Å². The Labute approximate surface area is 189 Å². The predicted molar refractivity (Wildman–Crippen MR) is 128 cm³/mol. The fraction of sp³-hybridized carbons (Fsp3) is 0.304. The molecule has 0 saturated carbocycles. The van der Waals surface area contributed by atoms with Crippen molar-refractivity contribution in [2.45, 2.75) is 25.8 Å². The predicted octanol–water partition coefficient (Wildman–Crippen LogP) is 4.71. The fourth-order valence-corrected chi connectivity index (χ4v) is 5.26. The number of aromatic nitrogens is 3.